The molecule has 26 heavy (non-hydrogen) atoms. The summed E-state index contributed by atoms with van der Waals surface area (Å²) in [7, 11) is 0. The lowest BCUT2D eigenvalue weighted by Gasteiger charge is -2.19. The van der Waals surface area contributed by atoms with Crippen LogP contribution in [0.3, 0.4) is 0 Å². The summed E-state index contributed by atoms with van der Waals surface area (Å²) in [4.78, 5) is 23.6. The Hall–Kier alpha value is -2.41. The van der Waals surface area contributed by atoms with Crippen LogP contribution in [0.2, 0.25) is 0 Å². The summed E-state index contributed by atoms with van der Waals surface area (Å²) in [5.41, 5.74) is 2.23. The van der Waals surface area contributed by atoms with Gasteiger partial charge in [-0.2, -0.15) is 0 Å². The fourth-order valence-corrected chi connectivity index (χ4v) is 3.72. The molecule has 4 heterocycles. The summed E-state index contributed by atoms with van der Waals surface area (Å²) in [6.45, 7) is 3.43. The van der Waals surface area contributed by atoms with Crippen LogP contribution in [0, 0.1) is 0 Å². The number of furan rings is 1. The number of rotatable bonds is 4. The van der Waals surface area contributed by atoms with Gasteiger partial charge in [0.2, 0.25) is 5.91 Å². The molecule has 0 spiro atoms. The SMILES string of the molecule is O=C1NCCCCC1Nc1ncnc2c1CCN(Cc1ccco1)CC2. The number of aromatic nitrogens is 2. The van der Waals surface area contributed by atoms with Crippen molar-refractivity contribution in [2.45, 2.75) is 44.7 Å². The Labute approximate surface area is 153 Å². The molecule has 2 aliphatic heterocycles. The number of nitrogens with zero attached hydrogens (tertiary/aromatic N) is 3. The van der Waals surface area contributed by atoms with E-state index in [1.165, 1.54) is 0 Å². The van der Waals surface area contributed by atoms with E-state index in [0.717, 1.165) is 81.1 Å². The van der Waals surface area contributed by atoms with Crippen LogP contribution in [0.25, 0.3) is 0 Å². The molecule has 0 aliphatic carbocycles. The van der Waals surface area contributed by atoms with Gasteiger partial charge in [0, 0.05) is 31.6 Å². The third-order valence-corrected chi connectivity index (χ3v) is 5.18. The monoisotopic (exact) mass is 355 g/mol. The van der Waals surface area contributed by atoms with Crippen LogP contribution in [0.1, 0.15) is 36.3 Å². The van der Waals surface area contributed by atoms with Gasteiger partial charge in [-0.15, -0.1) is 0 Å². The minimum absolute atomic E-state index is 0.0722. The van der Waals surface area contributed by atoms with Gasteiger partial charge in [0.1, 0.15) is 23.9 Å². The van der Waals surface area contributed by atoms with Crippen LogP contribution in [-0.4, -0.2) is 46.5 Å². The minimum atomic E-state index is -0.209. The van der Waals surface area contributed by atoms with E-state index in [1.807, 2.05) is 12.1 Å². The molecule has 1 amide bonds. The summed E-state index contributed by atoms with van der Waals surface area (Å²) >= 11 is 0. The van der Waals surface area contributed by atoms with E-state index in [1.54, 1.807) is 12.6 Å². The second-order valence-electron chi connectivity index (χ2n) is 6.99. The van der Waals surface area contributed by atoms with Crippen LogP contribution < -0.4 is 10.6 Å². The molecule has 0 radical (unpaired) electrons. The molecule has 1 saturated heterocycles. The van der Waals surface area contributed by atoms with E-state index >= 15 is 0 Å². The second kappa shape index (κ2) is 7.86. The van der Waals surface area contributed by atoms with Crippen molar-refractivity contribution in [2.75, 3.05) is 25.0 Å². The van der Waals surface area contributed by atoms with Crippen molar-refractivity contribution in [2.24, 2.45) is 0 Å². The molecule has 1 unspecified atom stereocenters. The molecule has 2 aromatic rings. The van der Waals surface area contributed by atoms with Crippen LogP contribution in [-0.2, 0) is 24.2 Å². The highest BCUT2D eigenvalue weighted by Crippen LogP contribution is 2.23. The topological polar surface area (TPSA) is 83.3 Å². The quantitative estimate of drug-likeness (QED) is 0.869. The van der Waals surface area contributed by atoms with Crippen molar-refractivity contribution in [1.82, 2.24) is 20.2 Å². The van der Waals surface area contributed by atoms with E-state index in [9.17, 15) is 4.79 Å². The number of hydrogen-bond donors (Lipinski definition) is 2. The number of carbonyl (C=O) groups is 1. The molecule has 0 bridgehead atoms. The maximum atomic E-state index is 12.2. The molecule has 1 atom stereocenters. The van der Waals surface area contributed by atoms with Gasteiger partial charge in [-0.1, -0.05) is 0 Å². The zero-order valence-electron chi connectivity index (χ0n) is 14.9. The Morgan fingerprint density at radius 2 is 2.19 bits per heavy atom. The number of fused-ring (bicyclic) bond motifs is 1. The van der Waals surface area contributed by atoms with Gasteiger partial charge in [-0.3, -0.25) is 9.69 Å². The van der Waals surface area contributed by atoms with E-state index < -0.39 is 0 Å². The van der Waals surface area contributed by atoms with E-state index in [-0.39, 0.29) is 11.9 Å². The molecule has 1 fully saturated rings. The Balaban J connectivity index is 1.47. The Morgan fingerprint density at radius 1 is 1.27 bits per heavy atom. The smallest absolute Gasteiger partial charge is 0.242 e. The molecular formula is C19H25N5O2. The summed E-state index contributed by atoms with van der Waals surface area (Å²) in [6, 6.07) is 3.72. The summed E-state index contributed by atoms with van der Waals surface area (Å²) in [6.07, 6.45) is 7.99. The highest BCUT2D eigenvalue weighted by molar-refractivity contribution is 5.84. The fraction of sp³-hybridized carbons (Fsp3) is 0.526. The highest BCUT2D eigenvalue weighted by atomic mass is 16.3. The van der Waals surface area contributed by atoms with Gasteiger partial charge in [-0.25, -0.2) is 9.97 Å². The largest absolute Gasteiger partial charge is 0.468 e. The summed E-state index contributed by atoms with van der Waals surface area (Å²) < 4.78 is 5.48. The average Bonchev–Trinajstić information content (AvgIpc) is 2.96. The highest BCUT2D eigenvalue weighted by Gasteiger charge is 2.24. The molecule has 7 nitrogen and oxygen atoms in total. The molecule has 2 aliphatic rings. The van der Waals surface area contributed by atoms with Crippen molar-refractivity contribution in [3.8, 4) is 0 Å². The first-order valence-corrected chi connectivity index (χ1v) is 9.41. The lowest BCUT2D eigenvalue weighted by atomic mass is 10.1. The molecule has 2 N–H and O–H groups in total. The zero-order valence-corrected chi connectivity index (χ0v) is 14.9. The van der Waals surface area contributed by atoms with Crippen molar-refractivity contribution >= 4 is 11.7 Å². The van der Waals surface area contributed by atoms with E-state index in [4.69, 9.17) is 4.42 Å². The summed E-state index contributed by atoms with van der Waals surface area (Å²) in [5.74, 6) is 1.87. The third kappa shape index (κ3) is 3.88. The molecule has 4 rings (SSSR count). The molecule has 0 saturated carbocycles. The fourth-order valence-electron chi connectivity index (χ4n) is 3.72. The second-order valence-corrected chi connectivity index (χ2v) is 6.99. The van der Waals surface area contributed by atoms with Gasteiger partial charge in [0.25, 0.3) is 0 Å². The molecule has 0 aromatic carbocycles. The van der Waals surface area contributed by atoms with Gasteiger partial charge < -0.3 is 15.1 Å². The van der Waals surface area contributed by atoms with E-state index in [2.05, 4.69) is 25.5 Å². The number of hydrogen-bond acceptors (Lipinski definition) is 6. The van der Waals surface area contributed by atoms with Crippen molar-refractivity contribution < 1.29 is 9.21 Å². The normalized spacial score (nSPS) is 21.4. The van der Waals surface area contributed by atoms with Crippen molar-refractivity contribution in [3.05, 3.63) is 41.7 Å². The van der Waals surface area contributed by atoms with Gasteiger partial charge >= 0.3 is 0 Å². The Bertz CT molecular complexity index is 746. The number of anilines is 1. The maximum Gasteiger partial charge on any atom is 0.242 e. The number of nitrogens with one attached hydrogen (secondary N) is 2. The number of amides is 1. The predicted octanol–water partition coefficient (Wildman–Crippen LogP) is 1.75. The predicted molar refractivity (Wildman–Crippen MR) is 97.7 cm³/mol. The van der Waals surface area contributed by atoms with Crippen molar-refractivity contribution in [3.63, 3.8) is 0 Å². The van der Waals surface area contributed by atoms with Crippen LogP contribution in [0.15, 0.2) is 29.1 Å². The maximum absolute atomic E-state index is 12.2. The molecule has 138 valence electrons. The average molecular weight is 355 g/mol. The summed E-state index contributed by atoms with van der Waals surface area (Å²) in [5, 5.41) is 6.36. The molecule has 7 heteroatoms. The van der Waals surface area contributed by atoms with Crippen LogP contribution >= 0.6 is 0 Å². The Morgan fingerprint density at radius 3 is 3.08 bits per heavy atom. The first-order valence-electron chi connectivity index (χ1n) is 9.41. The molecule has 2 aromatic heterocycles. The first-order chi connectivity index (χ1) is 12.8. The lowest BCUT2D eigenvalue weighted by Crippen LogP contribution is -2.38. The van der Waals surface area contributed by atoms with Gasteiger partial charge in [0.05, 0.1) is 18.5 Å². The lowest BCUT2D eigenvalue weighted by molar-refractivity contribution is -0.121. The molecular weight excluding hydrogens is 330 g/mol. The van der Waals surface area contributed by atoms with Gasteiger partial charge in [-0.05, 0) is 37.8 Å². The zero-order chi connectivity index (χ0) is 17.8. The Kier molecular flexibility index (Phi) is 5.15. The first kappa shape index (κ1) is 17.0. The van der Waals surface area contributed by atoms with Gasteiger partial charge in [0.15, 0.2) is 0 Å². The minimum Gasteiger partial charge on any atom is -0.468 e. The standard InChI is InChI=1S/C19H25N5O2/c25-19-17(5-1-2-8-20-19)23-18-15-6-9-24(12-14-4-3-11-26-14)10-7-16(15)21-13-22-18/h3-4,11,13,17H,1-2,5-10,12H2,(H,20,25)(H,21,22,23). The third-order valence-electron chi connectivity index (χ3n) is 5.18. The van der Waals surface area contributed by atoms with Crippen LogP contribution in [0.5, 0.6) is 0 Å². The van der Waals surface area contributed by atoms with Crippen LogP contribution in [0.4, 0.5) is 5.82 Å². The van der Waals surface area contributed by atoms with E-state index in [0.29, 0.717) is 0 Å². The van der Waals surface area contributed by atoms with Crippen molar-refractivity contribution in [1.29, 1.82) is 0 Å². The number of carbonyl (C=O) groups excluding carboxylic acids is 1.